The van der Waals surface area contributed by atoms with Crippen LogP contribution in [0.15, 0.2) is 35.5 Å². The summed E-state index contributed by atoms with van der Waals surface area (Å²) in [6.45, 7) is 6.38. The highest BCUT2D eigenvalue weighted by atomic mass is 32.2. The monoisotopic (exact) mass is 469 g/mol. The molecule has 3 aromatic rings. The van der Waals surface area contributed by atoms with Crippen molar-refractivity contribution in [2.75, 3.05) is 19.5 Å². The standard InChI is InChI=1S/C20H22F3N5O3S/c1-12-9-17(14(3)27(12)13(2)10-30-4)18(29)11-32-19-24-25-26-28(19)15-5-7-16(8-6-15)31-20(21,22)23/h5-9,13H,10-11H2,1-4H3/t13-/m0/s1. The molecule has 8 nitrogen and oxygen atoms in total. The molecule has 0 N–H and O–H groups in total. The van der Waals surface area contributed by atoms with Crippen molar-refractivity contribution in [2.45, 2.75) is 38.3 Å². The lowest BCUT2D eigenvalue weighted by molar-refractivity contribution is -0.274. The molecular weight excluding hydrogens is 447 g/mol. The predicted molar refractivity (Wildman–Crippen MR) is 111 cm³/mol. The number of ether oxygens (including phenoxy) is 2. The Morgan fingerprint density at radius 1 is 1.22 bits per heavy atom. The van der Waals surface area contributed by atoms with Crippen LogP contribution in [0.25, 0.3) is 5.69 Å². The fourth-order valence-electron chi connectivity index (χ4n) is 3.48. The van der Waals surface area contributed by atoms with Crippen LogP contribution in [0.5, 0.6) is 5.75 Å². The van der Waals surface area contributed by atoms with E-state index in [-0.39, 0.29) is 23.3 Å². The number of ketones is 1. The lowest BCUT2D eigenvalue weighted by atomic mass is 10.2. The average Bonchev–Trinajstić information content (AvgIpc) is 3.29. The first-order valence-corrected chi connectivity index (χ1v) is 10.6. The van der Waals surface area contributed by atoms with Gasteiger partial charge in [0.05, 0.1) is 24.1 Å². The lowest BCUT2D eigenvalue weighted by Crippen LogP contribution is -2.17. The third kappa shape index (κ3) is 5.49. The van der Waals surface area contributed by atoms with Crippen LogP contribution in [-0.4, -0.2) is 56.4 Å². The topological polar surface area (TPSA) is 84.1 Å². The first kappa shape index (κ1) is 23.8. The van der Waals surface area contributed by atoms with Crippen molar-refractivity contribution in [1.29, 1.82) is 0 Å². The van der Waals surface area contributed by atoms with E-state index in [9.17, 15) is 18.0 Å². The van der Waals surface area contributed by atoms with Gasteiger partial charge in [-0.05, 0) is 61.5 Å². The van der Waals surface area contributed by atoms with Crippen LogP contribution in [-0.2, 0) is 4.74 Å². The smallest absolute Gasteiger partial charge is 0.406 e. The Morgan fingerprint density at radius 2 is 1.91 bits per heavy atom. The minimum atomic E-state index is -4.77. The molecule has 3 rings (SSSR count). The molecule has 172 valence electrons. The highest BCUT2D eigenvalue weighted by Crippen LogP contribution is 2.26. The highest BCUT2D eigenvalue weighted by Gasteiger charge is 2.31. The fourth-order valence-corrected chi connectivity index (χ4v) is 4.26. The minimum absolute atomic E-state index is 0.0811. The number of carbonyl (C=O) groups excluding carboxylic acids is 1. The van der Waals surface area contributed by atoms with E-state index in [0.29, 0.717) is 23.0 Å². The number of benzene rings is 1. The number of tetrazole rings is 1. The number of aromatic nitrogens is 5. The Labute approximate surface area is 186 Å². The Hall–Kier alpha value is -2.86. The Balaban J connectivity index is 1.71. The molecule has 0 fully saturated rings. The second-order valence-electron chi connectivity index (χ2n) is 7.09. The van der Waals surface area contributed by atoms with Gasteiger partial charge in [0.25, 0.3) is 0 Å². The largest absolute Gasteiger partial charge is 0.573 e. The summed E-state index contributed by atoms with van der Waals surface area (Å²) in [6.07, 6.45) is -4.77. The number of hydrogen-bond donors (Lipinski definition) is 0. The van der Waals surface area contributed by atoms with E-state index < -0.39 is 6.36 Å². The third-order valence-corrected chi connectivity index (χ3v) is 5.64. The van der Waals surface area contributed by atoms with Crippen LogP contribution in [0.2, 0.25) is 0 Å². The molecule has 2 aromatic heterocycles. The molecule has 0 spiro atoms. The van der Waals surface area contributed by atoms with Crippen LogP contribution in [0, 0.1) is 13.8 Å². The van der Waals surface area contributed by atoms with Gasteiger partial charge in [0.1, 0.15) is 5.75 Å². The Morgan fingerprint density at radius 3 is 2.53 bits per heavy atom. The third-order valence-electron chi connectivity index (χ3n) is 4.72. The number of alkyl halides is 3. The summed E-state index contributed by atoms with van der Waals surface area (Å²) in [5, 5.41) is 11.7. The van der Waals surface area contributed by atoms with Gasteiger partial charge >= 0.3 is 6.36 Å². The van der Waals surface area contributed by atoms with Crippen molar-refractivity contribution in [3.8, 4) is 11.4 Å². The molecule has 1 atom stereocenters. The van der Waals surface area contributed by atoms with Crippen molar-refractivity contribution in [1.82, 2.24) is 24.8 Å². The zero-order valence-corrected chi connectivity index (χ0v) is 18.7. The number of methoxy groups -OCH3 is 1. The second kappa shape index (κ2) is 9.74. The van der Waals surface area contributed by atoms with E-state index in [4.69, 9.17) is 4.74 Å². The molecule has 2 heterocycles. The predicted octanol–water partition coefficient (Wildman–Crippen LogP) is 4.16. The molecule has 0 aliphatic rings. The maximum absolute atomic E-state index is 12.9. The van der Waals surface area contributed by atoms with Gasteiger partial charge < -0.3 is 14.0 Å². The maximum atomic E-state index is 12.9. The van der Waals surface area contributed by atoms with Gasteiger partial charge in [-0.25, -0.2) is 0 Å². The van der Waals surface area contributed by atoms with Crippen LogP contribution in [0.4, 0.5) is 13.2 Å². The number of thioether (sulfide) groups is 1. The second-order valence-corrected chi connectivity index (χ2v) is 8.03. The van der Waals surface area contributed by atoms with E-state index in [2.05, 4.69) is 24.8 Å². The van der Waals surface area contributed by atoms with Gasteiger partial charge in [-0.1, -0.05) is 11.8 Å². The lowest BCUT2D eigenvalue weighted by Gasteiger charge is -2.17. The van der Waals surface area contributed by atoms with Gasteiger partial charge in [-0.2, -0.15) is 4.68 Å². The first-order chi connectivity index (χ1) is 15.1. The molecule has 0 amide bonds. The molecule has 0 aliphatic carbocycles. The molecule has 32 heavy (non-hydrogen) atoms. The molecule has 12 heteroatoms. The van der Waals surface area contributed by atoms with E-state index in [1.807, 2.05) is 26.8 Å². The van der Waals surface area contributed by atoms with Gasteiger partial charge in [0.2, 0.25) is 5.16 Å². The van der Waals surface area contributed by atoms with Crippen molar-refractivity contribution >= 4 is 17.5 Å². The van der Waals surface area contributed by atoms with Crippen LogP contribution < -0.4 is 4.74 Å². The van der Waals surface area contributed by atoms with Crippen molar-refractivity contribution in [2.24, 2.45) is 0 Å². The highest BCUT2D eigenvalue weighted by molar-refractivity contribution is 7.99. The van der Waals surface area contributed by atoms with Crippen molar-refractivity contribution in [3.05, 3.63) is 47.3 Å². The summed E-state index contributed by atoms with van der Waals surface area (Å²) < 4.78 is 49.5. The number of hydrogen-bond acceptors (Lipinski definition) is 7. The van der Waals surface area contributed by atoms with Gasteiger partial charge in [-0.15, -0.1) is 18.3 Å². The molecular formula is C20H22F3N5O3S. The number of nitrogens with zero attached hydrogens (tertiary/aromatic N) is 5. The van der Waals surface area contributed by atoms with Crippen LogP contribution >= 0.6 is 11.8 Å². The first-order valence-electron chi connectivity index (χ1n) is 9.58. The number of rotatable bonds is 9. The maximum Gasteiger partial charge on any atom is 0.573 e. The van der Waals surface area contributed by atoms with Crippen LogP contribution in [0.1, 0.15) is 34.7 Å². The van der Waals surface area contributed by atoms with E-state index in [1.165, 1.54) is 28.9 Å². The van der Waals surface area contributed by atoms with E-state index in [0.717, 1.165) is 23.1 Å². The molecule has 0 bridgehead atoms. The zero-order chi connectivity index (χ0) is 23.5. The summed E-state index contributed by atoms with van der Waals surface area (Å²) in [5.41, 5.74) is 2.88. The molecule has 0 radical (unpaired) electrons. The Bertz CT molecular complexity index is 1080. The summed E-state index contributed by atoms with van der Waals surface area (Å²) >= 11 is 1.14. The molecule has 0 saturated carbocycles. The van der Waals surface area contributed by atoms with E-state index in [1.54, 1.807) is 7.11 Å². The zero-order valence-electron chi connectivity index (χ0n) is 17.9. The number of aryl methyl sites for hydroxylation is 1. The van der Waals surface area contributed by atoms with Gasteiger partial charge in [-0.3, -0.25) is 4.79 Å². The van der Waals surface area contributed by atoms with Gasteiger partial charge in [0, 0.05) is 24.1 Å². The molecule has 0 saturated heterocycles. The number of carbonyl (C=O) groups is 1. The summed E-state index contributed by atoms with van der Waals surface area (Å²) in [6, 6.07) is 7.07. The SMILES string of the molecule is COC[C@H](C)n1c(C)cc(C(=O)CSc2nnnn2-c2ccc(OC(F)(F)F)cc2)c1C. The minimum Gasteiger partial charge on any atom is -0.406 e. The van der Waals surface area contributed by atoms with Crippen molar-refractivity contribution < 1.29 is 27.4 Å². The molecule has 0 aliphatic heterocycles. The van der Waals surface area contributed by atoms with E-state index >= 15 is 0 Å². The molecule has 0 unspecified atom stereocenters. The summed E-state index contributed by atoms with van der Waals surface area (Å²) in [5.74, 6) is -0.335. The quantitative estimate of drug-likeness (QED) is 0.344. The average molecular weight is 469 g/mol. The normalized spacial score (nSPS) is 12.7. The Kier molecular flexibility index (Phi) is 7.24. The number of Topliss-reactive ketones (excluding diaryl/α,β-unsaturated/α-hetero) is 1. The van der Waals surface area contributed by atoms with Crippen LogP contribution in [0.3, 0.4) is 0 Å². The number of halogens is 3. The van der Waals surface area contributed by atoms with Gasteiger partial charge in [0.15, 0.2) is 5.78 Å². The fraction of sp³-hybridized carbons (Fsp3) is 0.400. The summed E-state index contributed by atoms with van der Waals surface area (Å²) in [4.78, 5) is 12.9. The molecule has 1 aromatic carbocycles. The van der Waals surface area contributed by atoms with Crippen molar-refractivity contribution in [3.63, 3.8) is 0 Å². The summed E-state index contributed by atoms with van der Waals surface area (Å²) in [7, 11) is 1.63.